The van der Waals surface area contributed by atoms with E-state index < -0.39 is 4.92 Å². The molecule has 2 atom stereocenters. The number of piperidine rings is 1. The summed E-state index contributed by atoms with van der Waals surface area (Å²) in [5, 5.41) is 11.1. The standard InChI is InChI=1S/C14H17ClN2O3/c1-9-6-7-16(8-12(9)15)14(18)11-5-3-4-10(2)13(11)17(19)20/h3-5,9,12H,6-8H2,1-2H3. The minimum Gasteiger partial charge on any atom is -0.337 e. The van der Waals surface area contributed by atoms with Crippen LogP contribution >= 0.6 is 11.6 Å². The van der Waals surface area contributed by atoms with Gasteiger partial charge < -0.3 is 4.90 Å². The van der Waals surface area contributed by atoms with Crippen molar-refractivity contribution in [3.05, 3.63) is 39.4 Å². The number of amides is 1. The summed E-state index contributed by atoms with van der Waals surface area (Å²) in [6.45, 7) is 4.72. The number of aryl methyl sites for hydroxylation is 1. The first-order valence-electron chi connectivity index (χ1n) is 6.59. The highest BCUT2D eigenvalue weighted by Gasteiger charge is 2.31. The maximum absolute atomic E-state index is 12.5. The van der Waals surface area contributed by atoms with Crippen molar-refractivity contribution in [1.82, 2.24) is 4.90 Å². The number of rotatable bonds is 2. The number of nitrogens with zero attached hydrogens (tertiary/aromatic N) is 2. The molecule has 2 rings (SSSR count). The number of carbonyl (C=O) groups is 1. The molecule has 1 heterocycles. The van der Waals surface area contributed by atoms with E-state index in [0.717, 1.165) is 6.42 Å². The lowest BCUT2D eigenvalue weighted by Crippen LogP contribution is -2.44. The second kappa shape index (κ2) is 5.79. The Hall–Kier alpha value is -1.62. The molecule has 1 aromatic carbocycles. The lowest BCUT2D eigenvalue weighted by Gasteiger charge is -2.33. The number of nitro groups is 1. The predicted molar refractivity (Wildman–Crippen MR) is 77.2 cm³/mol. The van der Waals surface area contributed by atoms with Gasteiger partial charge >= 0.3 is 0 Å². The molecule has 5 nitrogen and oxygen atoms in total. The lowest BCUT2D eigenvalue weighted by atomic mass is 9.97. The largest absolute Gasteiger partial charge is 0.337 e. The van der Waals surface area contributed by atoms with Crippen LogP contribution in [0.1, 0.15) is 29.3 Å². The van der Waals surface area contributed by atoms with E-state index in [2.05, 4.69) is 6.92 Å². The molecule has 108 valence electrons. The average molecular weight is 297 g/mol. The van der Waals surface area contributed by atoms with Gasteiger partial charge in [0.05, 0.1) is 10.3 Å². The SMILES string of the molecule is Cc1cccc(C(=O)N2CCC(C)C(Cl)C2)c1[N+](=O)[O-]. The van der Waals surface area contributed by atoms with E-state index in [0.29, 0.717) is 24.6 Å². The van der Waals surface area contributed by atoms with Gasteiger partial charge in [-0.15, -0.1) is 11.6 Å². The van der Waals surface area contributed by atoms with Crippen molar-refractivity contribution in [1.29, 1.82) is 0 Å². The molecule has 1 aliphatic rings. The number of carbonyl (C=O) groups excluding carboxylic acids is 1. The third-order valence-corrected chi connectivity index (χ3v) is 4.37. The molecule has 20 heavy (non-hydrogen) atoms. The van der Waals surface area contributed by atoms with Crippen LogP contribution in [0.2, 0.25) is 0 Å². The fraction of sp³-hybridized carbons (Fsp3) is 0.500. The number of hydrogen-bond donors (Lipinski definition) is 0. The normalized spacial score (nSPS) is 22.6. The molecule has 0 aliphatic carbocycles. The molecule has 0 bridgehead atoms. The van der Waals surface area contributed by atoms with E-state index in [-0.39, 0.29) is 22.5 Å². The molecule has 0 saturated carbocycles. The fourth-order valence-electron chi connectivity index (χ4n) is 2.45. The molecule has 1 aromatic rings. The Morgan fingerprint density at radius 1 is 1.50 bits per heavy atom. The maximum atomic E-state index is 12.5. The van der Waals surface area contributed by atoms with Crippen LogP contribution in [-0.2, 0) is 0 Å². The van der Waals surface area contributed by atoms with Gasteiger partial charge in [-0.25, -0.2) is 0 Å². The molecule has 2 unspecified atom stereocenters. The third kappa shape index (κ3) is 2.77. The number of alkyl halides is 1. The molecule has 0 N–H and O–H groups in total. The van der Waals surface area contributed by atoms with Gasteiger partial charge in [0.15, 0.2) is 0 Å². The third-order valence-electron chi connectivity index (χ3n) is 3.80. The van der Waals surface area contributed by atoms with Crippen LogP contribution in [0.4, 0.5) is 5.69 Å². The number of benzene rings is 1. The Morgan fingerprint density at radius 2 is 2.20 bits per heavy atom. The minimum atomic E-state index is -0.493. The van der Waals surface area contributed by atoms with E-state index in [9.17, 15) is 14.9 Å². The Morgan fingerprint density at radius 3 is 2.80 bits per heavy atom. The highest BCUT2D eigenvalue weighted by Crippen LogP contribution is 2.27. The van der Waals surface area contributed by atoms with Gasteiger partial charge in [-0.3, -0.25) is 14.9 Å². The first kappa shape index (κ1) is 14.8. The second-order valence-corrected chi connectivity index (χ2v) is 5.82. The second-order valence-electron chi connectivity index (χ2n) is 5.26. The number of halogens is 1. The first-order valence-corrected chi connectivity index (χ1v) is 7.02. The quantitative estimate of drug-likeness (QED) is 0.479. The van der Waals surface area contributed by atoms with Gasteiger partial charge in [0.2, 0.25) is 0 Å². The van der Waals surface area contributed by atoms with Crippen molar-refractivity contribution in [2.45, 2.75) is 25.6 Å². The van der Waals surface area contributed by atoms with Crippen LogP contribution in [0.3, 0.4) is 0 Å². The van der Waals surface area contributed by atoms with Gasteiger partial charge in [-0.1, -0.05) is 19.1 Å². The van der Waals surface area contributed by atoms with Gasteiger partial charge in [0, 0.05) is 18.7 Å². The van der Waals surface area contributed by atoms with Crippen molar-refractivity contribution < 1.29 is 9.72 Å². The topological polar surface area (TPSA) is 63.5 Å². The van der Waals surface area contributed by atoms with E-state index in [1.54, 1.807) is 24.0 Å². The van der Waals surface area contributed by atoms with Gasteiger partial charge in [0.25, 0.3) is 11.6 Å². The van der Waals surface area contributed by atoms with Crippen LogP contribution < -0.4 is 0 Å². The van der Waals surface area contributed by atoms with E-state index in [1.165, 1.54) is 6.07 Å². The van der Waals surface area contributed by atoms with E-state index >= 15 is 0 Å². The van der Waals surface area contributed by atoms with E-state index in [4.69, 9.17) is 11.6 Å². The Labute approximate surface area is 122 Å². The number of para-hydroxylation sites is 1. The highest BCUT2D eigenvalue weighted by atomic mass is 35.5. The molecule has 1 saturated heterocycles. The van der Waals surface area contributed by atoms with Crippen LogP contribution in [-0.4, -0.2) is 34.2 Å². The summed E-state index contributed by atoms with van der Waals surface area (Å²) in [6, 6.07) is 4.81. The highest BCUT2D eigenvalue weighted by molar-refractivity contribution is 6.21. The summed E-state index contributed by atoms with van der Waals surface area (Å²) in [4.78, 5) is 24.8. The van der Waals surface area contributed by atoms with Crippen molar-refractivity contribution in [2.75, 3.05) is 13.1 Å². The zero-order valence-electron chi connectivity index (χ0n) is 11.5. The summed E-state index contributed by atoms with van der Waals surface area (Å²) >= 11 is 6.20. The molecule has 6 heteroatoms. The van der Waals surface area contributed by atoms with Gasteiger partial charge in [-0.2, -0.15) is 0 Å². The van der Waals surface area contributed by atoms with Crippen LogP contribution in [0.15, 0.2) is 18.2 Å². The minimum absolute atomic E-state index is 0.100. The summed E-state index contributed by atoms with van der Waals surface area (Å²) in [5.74, 6) is 0.0474. The number of nitro benzene ring substituents is 1. The number of hydrogen-bond acceptors (Lipinski definition) is 3. The summed E-state index contributed by atoms with van der Waals surface area (Å²) in [6.07, 6.45) is 0.819. The first-order chi connectivity index (χ1) is 9.41. The molecular weight excluding hydrogens is 280 g/mol. The van der Waals surface area contributed by atoms with Crippen LogP contribution in [0.5, 0.6) is 0 Å². The molecule has 1 fully saturated rings. The Bertz CT molecular complexity index is 547. The summed E-state index contributed by atoms with van der Waals surface area (Å²) < 4.78 is 0. The van der Waals surface area contributed by atoms with Gasteiger partial charge in [0.1, 0.15) is 5.56 Å². The molecule has 1 amide bonds. The fourth-order valence-corrected chi connectivity index (χ4v) is 2.74. The van der Waals surface area contributed by atoms with Crippen LogP contribution in [0.25, 0.3) is 0 Å². The summed E-state index contributed by atoms with van der Waals surface area (Å²) in [5.41, 5.74) is 0.532. The molecule has 1 aliphatic heterocycles. The zero-order valence-corrected chi connectivity index (χ0v) is 12.3. The average Bonchev–Trinajstić information content (AvgIpc) is 2.40. The van der Waals surface area contributed by atoms with Crippen molar-refractivity contribution in [3.63, 3.8) is 0 Å². The molecule has 0 aromatic heterocycles. The smallest absolute Gasteiger partial charge is 0.285 e. The molecule has 0 radical (unpaired) electrons. The Balaban J connectivity index is 2.30. The monoisotopic (exact) mass is 296 g/mol. The zero-order chi connectivity index (χ0) is 14.9. The molecular formula is C14H17ClN2O3. The van der Waals surface area contributed by atoms with E-state index in [1.807, 2.05) is 0 Å². The predicted octanol–water partition coefficient (Wildman–Crippen LogP) is 2.99. The van der Waals surface area contributed by atoms with Crippen molar-refractivity contribution in [3.8, 4) is 0 Å². The maximum Gasteiger partial charge on any atom is 0.285 e. The van der Waals surface area contributed by atoms with Crippen LogP contribution in [0, 0.1) is 23.0 Å². The van der Waals surface area contributed by atoms with Gasteiger partial charge in [-0.05, 0) is 25.3 Å². The summed E-state index contributed by atoms with van der Waals surface area (Å²) in [7, 11) is 0. The van der Waals surface area contributed by atoms with Crippen molar-refractivity contribution >= 4 is 23.2 Å². The van der Waals surface area contributed by atoms with Crippen molar-refractivity contribution in [2.24, 2.45) is 5.92 Å². The Kier molecular flexibility index (Phi) is 4.28. The lowest BCUT2D eigenvalue weighted by molar-refractivity contribution is -0.385. The molecule has 0 spiro atoms. The number of likely N-dealkylation sites (tertiary alicyclic amines) is 1.